The maximum atomic E-state index is 11.2. The van der Waals surface area contributed by atoms with Gasteiger partial charge in [0.1, 0.15) is 5.75 Å². The third-order valence-electron chi connectivity index (χ3n) is 4.98. The minimum absolute atomic E-state index is 0. The molecule has 29 heavy (non-hydrogen) atoms. The summed E-state index contributed by atoms with van der Waals surface area (Å²) in [4.78, 5) is 18.0. The predicted octanol–water partition coefficient (Wildman–Crippen LogP) is 3.84. The Morgan fingerprint density at radius 2 is 2.00 bits per heavy atom. The molecule has 0 radical (unpaired) electrons. The fourth-order valence-electron chi connectivity index (χ4n) is 3.58. The van der Waals surface area contributed by atoms with E-state index < -0.39 is 0 Å². The van der Waals surface area contributed by atoms with Crippen LogP contribution in [-0.2, 0) is 11.3 Å². The number of benzene rings is 2. The van der Waals surface area contributed by atoms with E-state index in [1.807, 2.05) is 43.4 Å². The number of hydrogen-bond donors (Lipinski definition) is 2. The molecule has 0 saturated carbocycles. The van der Waals surface area contributed by atoms with Gasteiger partial charge in [-0.3, -0.25) is 9.79 Å². The molecule has 2 N–H and O–H groups in total. The van der Waals surface area contributed by atoms with Gasteiger partial charge in [0.05, 0.1) is 7.11 Å². The van der Waals surface area contributed by atoms with E-state index in [4.69, 9.17) is 4.74 Å². The average Bonchev–Trinajstić information content (AvgIpc) is 3.18. The molecule has 0 spiro atoms. The summed E-state index contributed by atoms with van der Waals surface area (Å²) >= 11 is 0. The second-order valence-corrected chi connectivity index (χ2v) is 6.99. The van der Waals surface area contributed by atoms with Gasteiger partial charge in [-0.1, -0.05) is 24.3 Å². The van der Waals surface area contributed by atoms with Gasteiger partial charge >= 0.3 is 0 Å². The Morgan fingerprint density at radius 3 is 2.66 bits per heavy atom. The van der Waals surface area contributed by atoms with E-state index in [9.17, 15) is 4.79 Å². The summed E-state index contributed by atoms with van der Waals surface area (Å²) in [6.07, 6.45) is 1.10. The predicted molar refractivity (Wildman–Crippen MR) is 128 cm³/mol. The van der Waals surface area contributed by atoms with Crippen LogP contribution in [0.4, 0.5) is 5.69 Å². The maximum Gasteiger partial charge on any atom is 0.221 e. The number of halogens is 1. The van der Waals surface area contributed by atoms with Gasteiger partial charge in [0.25, 0.3) is 0 Å². The zero-order valence-electron chi connectivity index (χ0n) is 17.1. The molecule has 1 aliphatic heterocycles. The number of methoxy groups -OCH3 is 1. The molecule has 1 amide bonds. The lowest BCUT2D eigenvalue weighted by atomic mass is 9.98. The molecule has 1 saturated heterocycles. The lowest BCUT2D eigenvalue weighted by Crippen LogP contribution is -2.39. The summed E-state index contributed by atoms with van der Waals surface area (Å²) in [6, 6.07) is 16.2. The van der Waals surface area contributed by atoms with Gasteiger partial charge in [-0.05, 0) is 41.8 Å². The zero-order valence-corrected chi connectivity index (χ0v) is 19.5. The molecule has 0 bridgehead atoms. The standard InChI is InChI=1S/C22H28N4O2.HI/c1-16(27)25-20-6-4-5-17(13-20)14-24-22(23-2)26-12-11-19(15-26)18-7-9-21(28-3)10-8-18;/h4-10,13,19H,11-12,14-15H2,1-3H3,(H,23,24)(H,25,27);1H. The molecule has 0 aromatic heterocycles. The van der Waals surface area contributed by atoms with Crippen LogP contribution in [0.15, 0.2) is 53.5 Å². The molecular weight excluding hydrogens is 479 g/mol. The number of ether oxygens (including phenoxy) is 1. The van der Waals surface area contributed by atoms with Crippen molar-refractivity contribution in [1.29, 1.82) is 0 Å². The molecule has 2 aromatic carbocycles. The molecule has 6 nitrogen and oxygen atoms in total. The molecule has 3 rings (SSSR count). The van der Waals surface area contributed by atoms with Crippen molar-refractivity contribution in [3.05, 3.63) is 59.7 Å². The van der Waals surface area contributed by atoms with Gasteiger partial charge in [0.15, 0.2) is 5.96 Å². The number of carbonyl (C=O) groups is 1. The molecule has 0 aliphatic carbocycles. The minimum atomic E-state index is -0.0671. The van der Waals surface area contributed by atoms with E-state index in [0.717, 1.165) is 42.5 Å². The van der Waals surface area contributed by atoms with Crippen LogP contribution >= 0.6 is 24.0 Å². The molecule has 2 aromatic rings. The number of anilines is 1. The molecular formula is C22H29IN4O2. The third kappa shape index (κ3) is 6.35. The van der Waals surface area contributed by atoms with E-state index in [2.05, 4.69) is 32.7 Å². The van der Waals surface area contributed by atoms with Crippen LogP contribution < -0.4 is 15.4 Å². The second-order valence-electron chi connectivity index (χ2n) is 6.99. The van der Waals surface area contributed by atoms with Crippen LogP contribution in [0.3, 0.4) is 0 Å². The largest absolute Gasteiger partial charge is 0.497 e. The van der Waals surface area contributed by atoms with Gasteiger partial charge in [-0.2, -0.15) is 0 Å². The first-order chi connectivity index (χ1) is 13.6. The Kier molecular flexibility index (Phi) is 8.75. The number of likely N-dealkylation sites (tertiary alicyclic amines) is 1. The summed E-state index contributed by atoms with van der Waals surface area (Å²) in [5, 5.41) is 6.26. The summed E-state index contributed by atoms with van der Waals surface area (Å²) in [6.45, 7) is 4.09. The van der Waals surface area contributed by atoms with Gasteiger partial charge in [-0.15, -0.1) is 24.0 Å². The highest BCUT2D eigenvalue weighted by Gasteiger charge is 2.26. The average molecular weight is 508 g/mol. The fourth-order valence-corrected chi connectivity index (χ4v) is 3.58. The van der Waals surface area contributed by atoms with Crippen molar-refractivity contribution >= 4 is 41.5 Å². The second kappa shape index (κ2) is 11.0. The Morgan fingerprint density at radius 1 is 1.24 bits per heavy atom. The minimum Gasteiger partial charge on any atom is -0.497 e. The van der Waals surface area contributed by atoms with Crippen LogP contribution in [0, 0.1) is 0 Å². The van der Waals surface area contributed by atoms with Crippen molar-refractivity contribution in [3.8, 4) is 5.75 Å². The van der Waals surface area contributed by atoms with E-state index in [0.29, 0.717) is 12.5 Å². The summed E-state index contributed by atoms with van der Waals surface area (Å²) in [7, 11) is 3.50. The zero-order chi connectivity index (χ0) is 19.9. The molecule has 1 unspecified atom stereocenters. The van der Waals surface area contributed by atoms with Crippen LogP contribution in [0.25, 0.3) is 0 Å². The van der Waals surface area contributed by atoms with Gasteiger partial charge in [-0.25, -0.2) is 0 Å². The van der Waals surface area contributed by atoms with Crippen molar-refractivity contribution < 1.29 is 9.53 Å². The molecule has 1 fully saturated rings. The summed E-state index contributed by atoms with van der Waals surface area (Å²) in [5.41, 5.74) is 3.24. The first-order valence-electron chi connectivity index (χ1n) is 9.55. The van der Waals surface area contributed by atoms with Gasteiger partial charge < -0.3 is 20.3 Å². The lowest BCUT2D eigenvalue weighted by Gasteiger charge is -2.22. The van der Waals surface area contributed by atoms with E-state index in [1.165, 1.54) is 12.5 Å². The summed E-state index contributed by atoms with van der Waals surface area (Å²) in [5.74, 6) is 2.22. The first-order valence-corrected chi connectivity index (χ1v) is 9.55. The number of rotatable bonds is 5. The van der Waals surface area contributed by atoms with Crippen LogP contribution in [0.2, 0.25) is 0 Å². The van der Waals surface area contributed by atoms with Crippen molar-refractivity contribution in [3.63, 3.8) is 0 Å². The van der Waals surface area contributed by atoms with E-state index in [-0.39, 0.29) is 29.9 Å². The Balaban J connectivity index is 0.00000300. The van der Waals surface area contributed by atoms with Gasteiger partial charge in [0, 0.05) is 45.2 Å². The molecule has 156 valence electrons. The quantitative estimate of drug-likeness (QED) is 0.366. The van der Waals surface area contributed by atoms with Crippen LogP contribution in [0.1, 0.15) is 30.4 Å². The third-order valence-corrected chi connectivity index (χ3v) is 4.98. The lowest BCUT2D eigenvalue weighted by molar-refractivity contribution is -0.114. The number of amides is 1. The molecule has 1 heterocycles. The molecule has 7 heteroatoms. The number of guanidine groups is 1. The van der Waals surface area contributed by atoms with Crippen molar-refractivity contribution in [2.24, 2.45) is 4.99 Å². The van der Waals surface area contributed by atoms with E-state index >= 15 is 0 Å². The van der Waals surface area contributed by atoms with E-state index in [1.54, 1.807) is 7.11 Å². The van der Waals surface area contributed by atoms with Gasteiger partial charge in [0.2, 0.25) is 5.91 Å². The fraction of sp³-hybridized carbons (Fsp3) is 0.364. The number of carbonyl (C=O) groups excluding carboxylic acids is 1. The monoisotopic (exact) mass is 508 g/mol. The summed E-state index contributed by atoms with van der Waals surface area (Å²) < 4.78 is 5.25. The number of nitrogens with one attached hydrogen (secondary N) is 2. The maximum absolute atomic E-state index is 11.2. The van der Waals surface area contributed by atoms with Crippen molar-refractivity contribution in [2.45, 2.75) is 25.8 Å². The number of nitrogens with zero attached hydrogens (tertiary/aromatic N) is 2. The molecule has 1 aliphatic rings. The highest BCUT2D eigenvalue weighted by Crippen LogP contribution is 2.28. The first kappa shape index (κ1) is 23.0. The smallest absolute Gasteiger partial charge is 0.221 e. The normalized spacial score (nSPS) is 16.2. The number of hydrogen-bond acceptors (Lipinski definition) is 3. The Labute approximate surface area is 189 Å². The van der Waals surface area contributed by atoms with Crippen LogP contribution in [-0.4, -0.2) is 44.0 Å². The highest BCUT2D eigenvalue weighted by molar-refractivity contribution is 14.0. The van der Waals surface area contributed by atoms with Crippen LogP contribution in [0.5, 0.6) is 5.75 Å². The van der Waals surface area contributed by atoms with Crippen molar-refractivity contribution in [1.82, 2.24) is 10.2 Å². The molecule has 1 atom stereocenters. The highest BCUT2D eigenvalue weighted by atomic mass is 127. The van der Waals surface area contributed by atoms with Crippen molar-refractivity contribution in [2.75, 3.05) is 32.6 Å². The Bertz CT molecular complexity index is 839. The SMILES string of the molecule is CN=C(NCc1cccc(NC(C)=O)c1)N1CCC(c2ccc(OC)cc2)C1.I. The topological polar surface area (TPSA) is 66.0 Å². The number of aliphatic imine (C=N–C) groups is 1. The Hall–Kier alpha value is -2.29.